The fraction of sp³-hybridized carbons (Fsp3) is 0.333. The van der Waals surface area contributed by atoms with Crippen LogP contribution in [0.25, 0.3) is 0 Å². The van der Waals surface area contributed by atoms with Crippen molar-refractivity contribution in [2.24, 2.45) is 5.73 Å². The fourth-order valence-corrected chi connectivity index (χ4v) is 0.732. The number of nitrogens with two attached hydrogens (primary N) is 1. The zero-order valence-corrected chi connectivity index (χ0v) is 6.08. The van der Waals surface area contributed by atoms with Crippen LogP contribution >= 0.6 is 0 Å². The number of rotatable bonds is 3. The highest BCUT2D eigenvalue weighted by molar-refractivity contribution is 5.92. The SMILES string of the molecule is NC(=O)c1cnn(CC(F)F)c1. The third-order valence-corrected chi connectivity index (χ3v) is 1.24. The summed E-state index contributed by atoms with van der Waals surface area (Å²) in [6.45, 7) is -0.521. The van der Waals surface area contributed by atoms with Gasteiger partial charge in [0.25, 0.3) is 12.3 Å². The summed E-state index contributed by atoms with van der Waals surface area (Å²) in [5.74, 6) is -0.671. The Labute approximate surface area is 67.0 Å². The summed E-state index contributed by atoms with van der Waals surface area (Å²) in [7, 11) is 0. The second kappa shape index (κ2) is 3.29. The number of halogens is 2. The molecule has 12 heavy (non-hydrogen) atoms. The number of nitrogens with zero attached hydrogens (tertiary/aromatic N) is 2. The zero-order valence-electron chi connectivity index (χ0n) is 6.08. The van der Waals surface area contributed by atoms with Crippen LogP contribution in [-0.2, 0) is 6.54 Å². The highest BCUT2D eigenvalue weighted by atomic mass is 19.3. The van der Waals surface area contributed by atoms with Crippen molar-refractivity contribution in [3.8, 4) is 0 Å². The molecular formula is C6H7F2N3O. The quantitative estimate of drug-likeness (QED) is 0.715. The van der Waals surface area contributed by atoms with Gasteiger partial charge in [0.15, 0.2) is 0 Å². The van der Waals surface area contributed by atoms with Gasteiger partial charge in [0, 0.05) is 6.20 Å². The molecule has 0 bridgehead atoms. The summed E-state index contributed by atoms with van der Waals surface area (Å²) < 4.78 is 24.5. The third-order valence-electron chi connectivity index (χ3n) is 1.24. The van der Waals surface area contributed by atoms with E-state index < -0.39 is 18.9 Å². The number of amides is 1. The molecule has 0 spiro atoms. The van der Waals surface area contributed by atoms with E-state index in [0.29, 0.717) is 0 Å². The molecule has 0 atom stereocenters. The molecule has 0 saturated carbocycles. The molecule has 0 unspecified atom stereocenters. The number of carbonyl (C=O) groups excluding carboxylic acids is 1. The van der Waals surface area contributed by atoms with Crippen molar-refractivity contribution < 1.29 is 13.6 Å². The van der Waals surface area contributed by atoms with Crippen molar-refractivity contribution in [2.45, 2.75) is 13.0 Å². The van der Waals surface area contributed by atoms with Crippen LogP contribution < -0.4 is 5.73 Å². The second-order valence-electron chi connectivity index (χ2n) is 2.21. The number of hydrogen-bond donors (Lipinski definition) is 1. The van der Waals surface area contributed by atoms with Gasteiger partial charge in [-0.2, -0.15) is 5.10 Å². The van der Waals surface area contributed by atoms with E-state index >= 15 is 0 Å². The van der Waals surface area contributed by atoms with Crippen LogP contribution in [0.5, 0.6) is 0 Å². The number of aromatic nitrogens is 2. The molecule has 0 fully saturated rings. The summed E-state index contributed by atoms with van der Waals surface area (Å²) in [5, 5.41) is 3.51. The first kappa shape index (κ1) is 8.63. The Morgan fingerprint density at radius 3 is 2.83 bits per heavy atom. The van der Waals surface area contributed by atoms with Gasteiger partial charge in [-0.15, -0.1) is 0 Å². The van der Waals surface area contributed by atoms with E-state index in [1.165, 1.54) is 6.20 Å². The Hall–Kier alpha value is -1.46. The predicted molar refractivity (Wildman–Crippen MR) is 36.7 cm³/mol. The van der Waals surface area contributed by atoms with E-state index in [1.54, 1.807) is 0 Å². The maximum Gasteiger partial charge on any atom is 0.257 e. The molecule has 1 rings (SSSR count). The van der Waals surface area contributed by atoms with Gasteiger partial charge in [-0.05, 0) is 0 Å². The van der Waals surface area contributed by atoms with E-state index in [1.807, 2.05) is 0 Å². The minimum Gasteiger partial charge on any atom is -0.366 e. The number of alkyl halides is 2. The lowest BCUT2D eigenvalue weighted by Gasteiger charge is -1.97. The maximum absolute atomic E-state index is 11.8. The van der Waals surface area contributed by atoms with Crippen LogP contribution in [-0.4, -0.2) is 22.1 Å². The smallest absolute Gasteiger partial charge is 0.257 e. The van der Waals surface area contributed by atoms with Gasteiger partial charge in [0.05, 0.1) is 11.8 Å². The van der Waals surface area contributed by atoms with Crippen LogP contribution in [0.4, 0.5) is 8.78 Å². The number of primary amides is 1. The van der Waals surface area contributed by atoms with Crippen molar-refractivity contribution >= 4 is 5.91 Å². The topological polar surface area (TPSA) is 60.9 Å². The van der Waals surface area contributed by atoms with Gasteiger partial charge >= 0.3 is 0 Å². The maximum atomic E-state index is 11.8. The molecule has 2 N–H and O–H groups in total. The van der Waals surface area contributed by atoms with Crippen LogP contribution in [0.3, 0.4) is 0 Å². The Balaban J connectivity index is 2.71. The van der Waals surface area contributed by atoms with E-state index in [9.17, 15) is 13.6 Å². The molecule has 0 aliphatic heterocycles. The standard InChI is InChI=1S/C6H7F2N3O/c7-5(8)3-11-2-4(1-10-11)6(9)12/h1-2,5H,3H2,(H2,9,12). The van der Waals surface area contributed by atoms with E-state index in [4.69, 9.17) is 5.73 Å². The molecule has 1 amide bonds. The van der Waals surface area contributed by atoms with Crippen molar-refractivity contribution in [1.82, 2.24) is 9.78 Å². The summed E-state index contributed by atoms with van der Waals surface area (Å²) in [6, 6.07) is 0. The van der Waals surface area contributed by atoms with Gasteiger partial charge < -0.3 is 5.73 Å². The number of carbonyl (C=O) groups is 1. The largest absolute Gasteiger partial charge is 0.366 e. The summed E-state index contributed by atoms with van der Waals surface area (Å²) in [6.07, 6.45) is -0.134. The van der Waals surface area contributed by atoms with E-state index in [2.05, 4.69) is 5.10 Å². The zero-order chi connectivity index (χ0) is 9.14. The Kier molecular flexibility index (Phi) is 2.37. The lowest BCUT2D eigenvalue weighted by molar-refractivity contribution is 0.0998. The molecule has 0 aliphatic rings. The molecule has 1 heterocycles. The van der Waals surface area contributed by atoms with Crippen LogP contribution in [0, 0.1) is 0 Å². The molecule has 0 radical (unpaired) electrons. The lowest BCUT2D eigenvalue weighted by atomic mass is 10.3. The van der Waals surface area contributed by atoms with Crippen LogP contribution in [0.2, 0.25) is 0 Å². The molecule has 0 saturated heterocycles. The predicted octanol–water partition coefficient (Wildman–Crippen LogP) is 0.247. The normalized spacial score (nSPS) is 10.6. The average Bonchev–Trinajstić information content (AvgIpc) is 2.34. The minimum atomic E-state index is -2.48. The van der Waals surface area contributed by atoms with Crippen LogP contribution in [0.1, 0.15) is 10.4 Å². The lowest BCUT2D eigenvalue weighted by Crippen LogP contribution is -2.10. The van der Waals surface area contributed by atoms with Crippen molar-refractivity contribution in [3.63, 3.8) is 0 Å². The monoisotopic (exact) mass is 175 g/mol. The second-order valence-corrected chi connectivity index (χ2v) is 2.21. The summed E-state index contributed by atoms with van der Waals surface area (Å²) in [5.41, 5.74) is 5.01. The molecule has 0 aliphatic carbocycles. The van der Waals surface area contributed by atoms with Crippen molar-refractivity contribution in [3.05, 3.63) is 18.0 Å². The molecule has 1 aromatic rings. The third kappa shape index (κ3) is 2.01. The highest BCUT2D eigenvalue weighted by Gasteiger charge is 2.07. The molecule has 1 aromatic heterocycles. The Morgan fingerprint density at radius 1 is 1.75 bits per heavy atom. The Morgan fingerprint density at radius 2 is 2.42 bits per heavy atom. The van der Waals surface area contributed by atoms with Crippen LogP contribution in [0.15, 0.2) is 12.4 Å². The highest BCUT2D eigenvalue weighted by Crippen LogP contribution is 2.00. The molecular weight excluding hydrogens is 168 g/mol. The summed E-state index contributed by atoms with van der Waals surface area (Å²) in [4.78, 5) is 10.5. The molecule has 0 aromatic carbocycles. The first-order valence-electron chi connectivity index (χ1n) is 3.20. The van der Waals surface area contributed by atoms with Gasteiger partial charge in [0.2, 0.25) is 0 Å². The van der Waals surface area contributed by atoms with Gasteiger partial charge in [-0.25, -0.2) is 8.78 Å². The molecule has 66 valence electrons. The molecule has 6 heteroatoms. The number of hydrogen-bond acceptors (Lipinski definition) is 2. The first-order valence-corrected chi connectivity index (χ1v) is 3.20. The Bertz CT molecular complexity index is 284. The van der Waals surface area contributed by atoms with E-state index in [-0.39, 0.29) is 5.56 Å². The minimum absolute atomic E-state index is 0.135. The van der Waals surface area contributed by atoms with Gasteiger partial charge in [-0.1, -0.05) is 0 Å². The van der Waals surface area contributed by atoms with Gasteiger partial charge in [0.1, 0.15) is 6.54 Å². The van der Waals surface area contributed by atoms with E-state index in [0.717, 1.165) is 10.9 Å². The fourth-order valence-electron chi connectivity index (χ4n) is 0.732. The average molecular weight is 175 g/mol. The molecule has 4 nitrogen and oxygen atoms in total. The first-order chi connectivity index (χ1) is 5.59. The van der Waals surface area contributed by atoms with Crippen molar-refractivity contribution in [1.29, 1.82) is 0 Å². The van der Waals surface area contributed by atoms with Gasteiger partial charge in [-0.3, -0.25) is 9.48 Å². The van der Waals surface area contributed by atoms with Crippen molar-refractivity contribution in [2.75, 3.05) is 0 Å². The summed E-state index contributed by atoms with van der Waals surface area (Å²) >= 11 is 0.